The zero-order valence-electron chi connectivity index (χ0n) is 12.7. The Bertz CT molecular complexity index is 841. The van der Waals surface area contributed by atoms with E-state index in [-0.39, 0.29) is 24.0 Å². The molecule has 24 heavy (non-hydrogen) atoms. The number of carbonyl (C=O) groups excluding carboxylic acids is 2. The molecule has 2 heterocycles. The summed E-state index contributed by atoms with van der Waals surface area (Å²) in [7, 11) is 1.57. The lowest BCUT2D eigenvalue weighted by Crippen LogP contribution is -2.20. The molecule has 2 N–H and O–H groups in total. The molecule has 0 atom stereocenters. The number of hydrogen-bond donors (Lipinski definition) is 2. The van der Waals surface area contributed by atoms with E-state index in [0.29, 0.717) is 21.6 Å². The Labute approximate surface area is 145 Å². The SMILES string of the molecule is CNC(=O)Cc1csc(NC(=O)CSc2nc3ccccc3o2)n1. The molecule has 0 aliphatic heterocycles. The summed E-state index contributed by atoms with van der Waals surface area (Å²) < 4.78 is 5.54. The molecular weight excluding hydrogens is 348 g/mol. The van der Waals surface area contributed by atoms with Crippen molar-refractivity contribution >= 4 is 51.1 Å². The van der Waals surface area contributed by atoms with Crippen molar-refractivity contribution < 1.29 is 14.0 Å². The van der Waals surface area contributed by atoms with Crippen molar-refractivity contribution in [2.24, 2.45) is 0 Å². The first kappa shape index (κ1) is 16.5. The van der Waals surface area contributed by atoms with Gasteiger partial charge in [0.25, 0.3) is 5.22 Å². The fourth-order valence-electron chi connectivity index (χ4n) is 1.89. The van der Waals surface area contributed by atoms with Crippen LogP contribution in [0.4, 0.5) is 5.13 Å². The zero-order chi connectivity index (χ0) is 16.9. The number of anilines is 1. The lowest BCUT2D eigenvalue weighted by atomic mass is 10.3. The van der Waals surface area contributed by atoms with Crippen LogP contribution in [-0.4, -0.2) is 34.6 Å². The first-order chi connectivity index (χ1) is 11.6. The van der Waals surface area contributed by atoms with Gasteiger partial charge >= 0.3 is 0 Å². The maximum absolute atomic E-state index is 12.0. The molecule has 2 amide bonds. The minimum atomic E-state index is -0.205. The van der Waals surface area contributed by atoms with Crippen LogP contribution in [0.2, 0.25) is 0 Å². The summed E-state index contributed by atoms with van der Waals surface area (Å²) in [6.07, 6.45) is 0.195. The third-order valence-electron chi connectivity index (χ3n) is 3.02. The van der Waals surface area contributed by atoms with E-state index < -0.39 is 0 Å². The fourth-order valence-corrected chi connectivity index (χ4v) is 3.26. The summed E-state index contributed by atoms with van der Waals surface area (Å²) in [5.41, 5.74) is 2.08. The molecule has 7 nitrogen and oxygen atoms in total. The first-order valence-electron chi connectivity index (χ1n) is 7.07. The van der Waals surface area contributed by atoms with Gasteiger partial charge in [0, 0.05) is 12.4 Å². The number of amides is 2. The smallest absolute Gasteiger partial charge is 0.257 e. The van der Waals surface area contributed by atoms with Crippen molar-refractivity contribution in [1.29, 1.82) is 0 Å². The molecule has 0 saturated heterocycles. The highest BCUT2D eigenvalue weighted by atomic mass is 32.2. The van der Waals surface area contributed by atoms with Crippen molar-refractivity contribution in [3.8, 4) is 0 Å². The number of oxazole rings is 1. The van der Waals surface area contributed by atoms with Gasteiger partial charge in [-0.1, -0.05) is 23.9 Å². The van der Waals surface area contributed by atoms with E-state index in [1.807, 2.05) is 24.3 Å². The van der Waals surface area contributed by atoms with Gasteiger partial charge in [-0.2, -0.15) is 0 Å². The topological polar surface area (TPSA) is 97.1 Å². The zero-order valence-corrected chi connectivity index (χ0v) is 14.4. The van der Waals surface area contributed by atoms with Gasteiger partial charge in [0.1, 0.15) is 5.52 Å². The maximum atomic E-state index is 12.0. The monoisotopic (exact) mass is 362 g/mol. The summed E-state index contributed by atoms with van der Waals surface area (Å²) in [6.45, 7) is 0. The Morgan fingerprint density at radius 3 is 2.88 bits per heavy atom. The molecule has 1 aromatic carbocycles. The molecule has 0 aliphatic rings. The molecule has 0 saturated carbocycles. The van der Waals surface area contributed by atoms with Crippen LogP contribution in [0.3, 0.4) is 0 Å². The molecule has 124 valence electrons. The van der Waals surface area contributed by atoms with E-state index in [2.05, 4.69) is 20.6 Å². The number of fused-ring (bicyclic) bond motifs is 1. The maximum Gasteiger partial charge on any atom is 0.257 e. The number of likely N-dealkylation sites (N-methyl/N-ethyl adjacent to an activating group) is 1. The molecule has 0 fully saturated rings. The number of nitrogens with one attached hydrogen (secondary N) is 2. The number of thiazole rings is 1. The van der Waals surface area contributed by atoms with Crippen LogP contribution in [0.15, 0.2) is 39.3 Å². The van der Waals surface area contributed by atoms with Crippen LogP contribution in [0.1, 0.15) is 5.69 Å². The quantitative estimate of drug-likeness (QED) is 0.653. The number of nitrogens with zero attached hydrogens (tertiary/aromatic N) is 2. The lowest BCUT2D eigenvalue weighted by Gasteiger charge is -1.99. The molecule has 0 radical (unpaired) electrons. The Morgan fingerprint density at radius 2 is 2.08 bits per heavy atom. The molecule has 2 aromatic heterocycles. The van der Waals surface area contributed by atoms with Gasteiger partial charge in [0.05, 0.1) is 17.9 Å². The molecule has 0 bridgehead atoms. The number of thioether (sulfide) groups is 1. The standard InChI is InChI=1S/C15H14N4O3S2/c1-16-12(20)6-9-7-23-14(17-9)19-13(21)8-24-15-18-10-4-2-3-5-11(10)22-15/h2-5,7H,6,8H2,1H3,(H,16,20)(H,17,19,21). The van der Waals surface area contributed by atoms with Crippen molar-refractivity contribution in [2.45, 2.75) is 11.6 Å². The minimum Gasteiger partial charge on any atom is -0.431 e. The van der Waals surface area contributed by atoms with Crippen LogP contribution < -0.4 is 10.6 Å². The first-order valence-corrected chi connectivity index (χ1v) is 8.94. The second kappa shape index (κ2) is 7.45. The van der Waals surface area contributed by atoms with E-state index in [9.17, 15) is 9.59 Å². The van der Waals surface area contributed by atoms with Crippen LogP contribution in [0.25, 0.3) is 11.1 Å². The lowest BCUT2D eigenvalue weighted by molar-refractivity contribution is -0.120. The predicted octanol–water partition coefficient (Wildman–Crippen LogP) is 2.30. The van der Waals surface area contributed by atoms with Crippen molar-refractivity contribution in [2.75, 3.05) is 18.1 Å². The number of aromatic nitrogens is 2. The molecule has 0 spiro atoms. The van der Waals surface area contributed by atoms with Crippen LogP contribution >= 0.6 is 23.1 Å². The van der Waals surface area contributed by atoms with E-state index in [4.69, 9.17) is 4.42 Å². The number of hydrogen-bond acceptors (Lipinski definition) is 7. The molecule has 0 unspecified atom stereocenters. The average molecular weight is 362 g/mol. The summed E-state index contributed by atoms with van der Waals surface area (Å²) in [5.74, 6) is -0.162. The van der Waals surface area contributed by atoms with Gasteiger partial charge in [0.15, 0.2) is 10.7 Å². The van der Waals surface area contributed by atoms with E-state index in [0.717, 1.165) is 5.52 Å². The highest BCUT2D eigenvalue weighted by molar-refractivity contribution is 7.99. The fraction of sp³-hybridized carbons (Fsp3) is 0.200. The molecule has 3 rings (SSSR count). The highest BCUT2D eigenvalue weighted by Crippen LogP contribution is 2.23. The summed E-state index contributed by atoms with van der Waals surface area (Å²) in [5, 5.41) is 7.90. The van der Waals surface area contributed by atoms with E-state index in [1.54, 1.807) is 12.4 Å². The molecular formula is C15H14N4O3S2. The van der Waals surface area contributed by atoms with Gasteiger partial charge in [-0.3, -0.25) is 9.59 Å². The van der Waals surface area contributed by atoms with E-state index in [1.165, 1.54) is 23.1 Å². The van der Waals surface area contributed by atoms with Gasteiger partial charge < -0.3 is 15.1 Å². The molecule has 9 heteroatoms. The van der Waals surface area contributed by atoms with Gasteiger partial charge in [0.2, 0.25) is 11.8 Å². The van der Waals surface area contributed by atoms with Crippen molar-refractivity contribution in [3.05, 3.63) is 35.3 Å². The van der Waals surface area contributed by atoms with Crippen LogP contribution in [0.5, 0.6) is 0 Å². The Morgan fingerprint density at radius 1 is 1.25 bits per heavy atom. The molecule has 3 aromatic rings. The Hall–Kier alpha value is -2.39. The number of para-hydroxylation sites is 2. The largest absolute Gasteiger partial charge is 0.431 e. The number of benzene rings is 1. The van der Waals surface area contributed by atoms with Gasteiger partial charge in [-0.05, 0) is 12.1 Å². The predicted molar refractivity (Wildman–Crippen MR) is 93.2 cm³/mol. The summed E-state index contributed by atoms with van der Waals surface area (Å²) in [4.78, 5) is 31.8. The van der Waals surface area contributed by atoms with Gasteiger partial charge in [-0.25, -0.2) is 9.97 Å². The summed E-state index contributed by atoms with van der Waals surface area (Å²) in [6, 6.07) is 7.43. The normalized spacial score (nSPS) is 10.7. The molecule has 0 aliphatic carbocycles. The van der Waals surface area contributed by atoms with Crippen LogP contribution in [0, 0.1) is 0 Å². The van der Waals surface area contributed by atoms with Crippen molar-refractivity contribution in [1.82, 2.24) is 15.3 Å². The summed E-state index contributed by atoms with van der Waals surface area (Å²) >= 11 is 2.50. The average Bonchev–Trinajstić information content (AvgIpc) is 3.19. The minimum absolute atomic E-state index is 0.121. The third-order valence-corrected chi connectivity index (χ3v) is 4.65. The van der Waals surface area contributed by atoms with Crippen molar-refractivity contribution in [3.63, 3.8) is 0 Å². The number of rotatable bonds is 6. The Balaban J connectivity index is 1.53. The van der Waals surface area contributed by atoms with Gasteiger partial charge in [-0.15, -0.1) is 11.3 Å². The van der Waals surface area contributed by atoms with E-state index >= 15 is 0 Å². The highest BCUT2D eigenvalue weighted by Gasteiger charge is 2.12. The van der Waals surface area contributed by atoms with Crippen LogP contribution in [-0.2, 0) is 16.0 Å². The number of carbonyl (C=O) groups is 2. The second-order valence-corrected chi connectivity index (χ2v) is 6.56. The second-order valence-electron chi connectivity index (χ2n) is 4.78. The third kappa shape index (κ3) is 4.12. The Kier molecular flexibility index (Phi) is 5.11.